The molecule has 0 unspecified atom stereocenters. The Bertz CT molecular complexity index is 126. The van der Waals surface area contributed by atoms with Gasteiger partial charge in [-0.25, -0.2) is 0 Å². The smallest absolute Gasteiger partial charge is 0.844 e. The van der Waals surface area contributed by atoms with Crippen LogP contribution in [0.4, 0.5) is 0 Å². The van der Waals surface area contributed by atoms with E-state index in [1.54, 1.807) is 0 Å². The van der Waals surface area contributed by atoms with Gasteiger partial charge in [0.05, 0.1) is 0 Å². The predicted molar refractivity (Wildman–Crippen MR) is 75.1 cm³/mol. The van der Waals surface area contributed by atoms with Crippen LogP contribution in [0, 0.1) is 20.8 Å². The summed E-state index contributed by atoms with van der Waals surface area (Å²) in [6.45, 7) is 12.6. The maximum atomic E-state index is 8.92. The third kappa shape index (κ3) is 263. The maximum absolute atomic E-state index is 8.92. The molecule has 0 bridgehead atoms. The fraction of sp³-hybridized carbons (Fsp3) is 0.750. The van der Waals surface area contributed by atoms with Crippen molar-refractivity contribution in [2.24, 2.45) is 0 Å². The zero-order chi connectivity index (χ0) is 14.7. The molecule has 0 saturated carbocycles. The quantitative estimate of drug-likeness (QED) is 0.354. The fourth-order valence-corrected chi connectivity index (χ4v) is 0. The second-order valence-corrected chi connectivity index (χ2v) is 5.24. The Morgan fingerprint density at radius 3 is 0.750 bits per heavy atom. The van der Waals surface area contributed by atoms with Crippen molar-refractivity contribution in [3.63, 3.8) is 0 Å². The van der Waals surface area contributed by atoms with Gasteiger partial charge in [0, 0.05) is 0 Å². The summed E-state index contributed by atoms with van der Waals surface area (Å²) in [7, 11) is 0. The van der Waals surface area contributed by atoms with E-state index >= 15 is 0 Å². The van der Waals surface area contributed by atoms with Gasteiger partial charge >= 0.3 is 58.4 Å². The molecule has 110 valence electrons. The van der Waals surface area contributed by atoms with Crippen LogP contribution in [0.5, 0.6) is 0 Å². The SMILES string of the molecule is [CH2-]CCC.[CH2-]CCC.[CH2-]CCC.[O-]P([O-])([O-])=S.[Zn+2].[Zn+2].[Zn+2]. The van der Waals surface area contributed by atoms with Gasteiger partial charge in [-0.2, -0.15) is 31.1 Å². The Morgan fingerprint density at radius 2 is 0.750 bits per heavy atom. The molecule has 3 nitrogen and oxygen atoms in total. The summed E-state index contributed by atoms with van der Waals surface area (Å²) < 4.78 is 0. The van der Waals surface area contributed by atoms with E-state index in [1.165, 1.54) is 19.3 Å². The van der Waals surface area contributed by atoms with Crippen molar-refractivity contribution >= 4 is 18.5 Å². The van der Waals surface area contributed by atoms with E-state index < -0.39 is 6.72 Å². The molecule has 0 rings (SSSR count). The summed E-state index contributed by atoms with van der Waals surface area (Å²) in [5, 5.41) is 0. The van der Waals surface area contributed by atoms with Crippen molar-refractivity contribution in [2.45, 2.75) is 59.3 Å². The van der Waals surface area contributed by atoms with Crippen molar-refractivity contribution < 1.29 is 73.1 Å². The maximum Gasteiger partial charge on any atom is 2.00 e. The van der Waals surface area contributed by atoms with Crippen LogP contribution in [0.2, 0.25) is 0 Å². The van der Waals surface area contributed by atoms with E-state index in [9.17, 15) is 0 Å². The summed E-state index contributed by atoms with van der Waals surface area (Å²) in [4.78, 5) is 26.8. The number of rotatable bonds is 3. The van der Waals surface area contributed by atoms with Crippen LogP contribution in [-0.4, -0.2) is 0 Å². The second kappa shape index (κ2) is 42.9. The molecule has 0 aliphatic heterocycles. The van der Waals surface area contributed by atoms with Crippen molar-refractivity contribution in [1.82, 2.24) is 0 Å². The Kier molecular flexibility index (Phi) is 92.9. The van der Waals surface area contributed by atoms with Gasteiger partial charge in [-0.05, 0) is 0 Å². The minimum absolute atomic E-state index is 0. The molecule has 0 aromatic heterocycles. The number of hydrogen-bond donors (Lipinski definition) is 0. The van der Waals surface area contributed by atoms with E-state index in [1.807, 2.05) is 0 Å². The first-order valence-corrected chi connectivity index (χ1v) is 8.41. The van der Waals surface area contributed by atoms with E-state index in [2.05, 4.69) is 53.3 Å². The molecule has 0 aliphatic rings. The fourth-order valence-electron chi connectivity index (χ4n) is 0. The van der Waals surface area contributed by atoms with Crippen molar-refractivity contribution in [1.29, 1.82) is 0 Å². The monoisotopic (exact) mass is 474 g/mol. The zero-order valence-corrected chi connectivity index (χ0v) is 24.2. The van der Waals surface area contributed by atoms with E-state index in [0.717, 1.165) is 19.3 Å². The van der Waals surface area contributed by atoms with Crippen molar-refractivity contribution in [3.05, 3.63) is 20.8 Å². The molecule has 0 amide bonds. The molecule has 0 atom stereocenters. The summed E-state index contributed by atoms with van der Waals surface area (Å²) in [6.07, 6.45) is 6.83. The molecule has 0 aromatic carbocycles. The molecule has 0 fully saturated rings. The molecule has 0 saturated heterocycles. The minimum atomic E-state index is -4.56. The molecule has 0 spiro atoms. The van der Waals surface area contributed by atoms with E-state index in [-0.39, 0.29) is 58.4 Å². The van der Waals surface area contributed by atoms with Gasteiger partial charge in [0.2, 0.25) is 0 Å². The van der Waals surface area contributed by atoms with E-state index in [4.69, 9.17) is 14.7 Å². The average Bonchev–Trinajstić information content (AvgIpc) is 2.27. The molecule has 0 radical (unpaired) electrons. The Hall–Kier alpha value is 2.40. The Labute approximate surface area is 170 Å². The average molecular weight is 479 g/mol. The molecular weight excluding hydrogens is 451 g/mol. The van der Waals surface area contributed by atoms with Crippen molar-refractivity contribution in [2.75, 3.05) is 0 Å². The first-order valence-electron chi connectivity index (χ1n) is 5.85. The largest absolute Gasteiger partial charge is 2.00 e. The summed E-state index contributed by atoms with van der Waals surface area (Å²) >= 11 is 3.27. The van der Waals surface area contributed by atoms with Crippen LogP contribution in [-0.2, 0) is 70.2 Å². The molecular formula is C12H27O3PSZn3. The second-order valence-electron chi connectivity index (χ2n) is 3.01. The predicted octanol–water partition coefficient (Wildman–Crippen LogP) is 2.15. The molecule has 0 N–H and O–H groups in total. The molecule has 0 aromatic rings. The minimum Gasteiger partial charge on any atom is -0.844 e. The van der Waals surface area contributed by atoms with Crippen LogP contribution >= 0.6 is 6.72 Å². The van der Waals surface area contributed by atoms with Crippen LogP contribution in [0.1, 0.15) is 59.3 Å². The first kappa shape index (κ1) is 43.3. The van der Waals surface area contributed by atoms with Crippen LogP contribution in [0.3, 0.4) is 0 Å². The standard InChI is InChI=1S/3C4H9.H3O3PS.3Zn/c3*1-3-4-2;1-4(2,3)5;;;/h3*1,3-4H2,2H3;(H3,1,2,3,5);;;/q3*-1;;3*+2/p-3. The Balaban J connectivity index is -0.0000000216. The summed E-state index contributed by atoms with van der Waals surface area (Å²) in [5.74, 6) is 0. The Morgan fingerprint density at radius 1 is 0.700 bits per heavy atom. The van der Waals surface area contributed by atoms with Gasteiger partial charge < -0.3 is 42.2 Å². The number of unbranched alkanes of at least 4 members (excludes halogenated alkanes) is 3. The third-order valence-electron chi connectivity index (χ3n) is 1.06. The van der Waals surface area contributed by atoms with Crippen molar-refractivity contribution in [3.8, 4) is 0 Å². The molecule has 8 heteroatoms. The van der Waals surface area contributed by atoms with Gasteiger partial charge in [0.1, 0.15) is 0 Å². The third-order valence-corrected chi connectivity index (χ3v) is 1.06. The van der Waals surface area contributed by atoms with Crippen LogP contribution in [0.15, 0.2) is 0 Å². The van der Waals surface area contributed by atoms with E-state index in [0.29, 0.717) is 0 Å². The topological polar surface area (TPSA) is 69.2 Å². The first-order chi connectivity index (χ1) is 7.74. The van der Waals surface area contributed by atoms with Gasteiger partial charge in [-0.3, -0.25) is 0 Å². The normalized spacial score (nSPS) is 7.45. The van der Waals surface area contributed by atoms with Crippen LogP contribution < -0.4 is 14.7 Å². The zero-order valence-electron chi connectivity index (χ0n) is 13.6. The van der Waals surface area contributed by atoms with Gasteiger partial charge in [-0.15, -0.1) is 0 Å². The summed E-state index contributed by atoms with van der Waals surface area (Å²) in [6, 6.07) is 0. The number of hydrogen-bond acceptors (Lipinski definition) is 4. The molecule has 20 heavy (non-hydrogen) atoms. The van der Waals surface area contributed by atoms with Crippen LogP contribution in [0.25, 0.3) is 0 Å². The van der Waals surface area contributed by atoms with Gasteiger partial charge in [-0.1, -0.05) is 40.0 Å². The molecule has 0 aliphatic carbocycles. The van der Waals surface area contributed by atoms with Gasteiger partial charge in [0.25, 0.3) is 0 Å². The molecule has 0 heterocycles. The summed E-state index contributed by atoms with van der Waals surface area (Å²) in [5.41, 5.74) is 0. The van der Waals surface area contributed by atoms with Gasteiger partial charge in [0.15, 0.2) is 0 Å².